The Hall–Kier alpha value is -4.53. The summed E-state index contributed by atoms with van der Waals surface area (Å²) in [6.07, 6.45) is 1.45. The van der Waals surface area contributed by atoms with E-state index in [9.17, 15) is 9.59 Å². The number of ether oxygens (including phenoxy) is 4. The van der Waals surface area contributed by atoms with E-state index in [0.717, 1.165) is 5.56 Å². The lowest BCUT2D eigenvalue weighted by molar-refractivity contribution is 0.0729. The van der Waals surface area contributed by atoms with Gasteiger partial charge < -0.3 is 18.9 Å². The zero-order chi connectivity index (χ0) is 29.2. The summed E-state index contributed by atoms with van der Waals surface area (Å²) in [4.78, 5) is 25.1. The second kappa shape index (κ2) is 14.2. The van der Waals surface area contributed by atoms with E-state index in [1.165, 1.54) is 13.3 Å². The van der Waals surface area contributed by atoms with Crippen molar-refractivity contribution >= 4 is 41.3 Å². The first-order valence-corrected chi connectivity index (χ1v) is 13.2. The van der Waals surface area contributed by atoms with Crippen molar-refractivity contribution < 1.29 is 28.5 Å². The van der Waals surface area contributed by atoms with Crippen LogP contribution in [0.15, 0.2) is 90.0 Å². The highest BCUT2D eigenvalue weighted by Crippen LogP contribution is 2.29. The number of carbonyl (C=O) groups excluding carboxylic acids is 2. The number of carbonyl (C=O) groups is 2. The number of methoxy groups -OCH3 is 1. The van der Waals surface area contributed by atoms with E-state index in [0.29, 0.717) is 50.6 Å². The normalized spacial score (nSPS) is 10.7. The van der Waals surface area contributed by atoms with Crippen molar-refractivity contribution in [2.45, 2.75) is 13.5 Å². The molecule has 0 aliphatic carbocycles. The summed E-state index contributed by atoms with van der Waals surface area (Å²) in [5.41, 5.74) is 4.66. The molecular formula is C31H26Cl2N2O6. The number of esters is 1. The maximum absolute atomic E-state index is 12.6. The van der Waals surface area contributed by atoms with Gasteiger partial charge in [0.05, 0.1) is 25.5 Å². The molecule has 0 aromatic heterocycles. The van der Waals surface area contributed by atoms with E-state index >= 15 is 0 Å². The Morgan fingerprint density at radius 2 is 1.51 bits per heavy atom. The van der Waals surface area contributed by atoms with Crippen LogP contribution < -0.4 is 24.4 Å². The highest BCUT2D eigenvalue weighted by Gasteiger charge is 2.13. The van der Waals surface area contributed by atoms with E-state index < -0.39 is 11.9 Å². The summed E-state index contributed by atoms with van der Waals surface area (Å²) >= 11 is 12.1. The zero-order valence-corrected chi connectivity index (χ0v) is 23.7. The Labute approximate surface area is 247 Å². The van der Waals surface area contributed by atoms with Gasteiger partial charge in [0, 0.05) is 21.2 Å². The van der Waals surface area contributed by atoms with Crippen LogP contribution in [0.4, 0.5) is 0 Å². The highest BCUT2D eigenvalue weighted by molar-refractivity contribution is 6.35. The highest BCUT2D eigenvalue weighted by atomic mass is 35.5. The second-order valence-electron chi connectivity index (χ2n) is 8.51. The zero-order valence-electron chi connectivity index (χ0n) is 22.2. The predicted octanol–water partition coefficient (Wildman–Crippen LogP) is 6.96. The molecule has 1 N–H and O–H groups in total. The summed E-state index contributed by atoms with van der Waals surface area (Å²) < 4.78 is 22.0. The molecule has 210 valence electrons. The Bertz CT molecular complexity index is 1540. The largest absolute Gasteiger partial charge is 0.494 e. The average Bonchev–Trinajstić information content (AvgIpc) is 2.98. The molecule has 4 aromatic rings. The molecule has 0 radical (unpaired) electrons. The molecule has 0 atom stereocenters. The molecule has 4 rings (SSSR count). The van der Waals surface area contributed by atoms with E-state index in [2.05, 4.69) is 10.5 Å². The lowest BCUT2D eigenvalue weighted by Gasteiger charge is -2.10. The molecule has 0 bridgehead atoms. The number of nitrogens with one attached hydrogen (secondary N) is 1. The number of benzene rings is 4. The van der Waals surface area contributed by atoms with Gasteiger partial charge in [-0.1, -0.05) is 29.3 Å². The smallest absolute Gasteiger partial charge is 0.343 e. The number of amides is 1. The fraction of sp³-hybridized carbons (Fsp3) is 0.129. The van der Waals surface area contributed by atoms with E-state index in [1.807, 2.05) is 6.92 Å². The van der Waals surface area contributed by atoms with E-state index in [1.54, 1.807) is 84.9 Å². The minimum absolute atomic E-state index is 0.244. The number of nitrogens with zero attached hydrogens (tertiary/aromatic N) is 1. The van der Waals surface area contributed by atoms with Crippen LogP contribution in [-0.4, -0.2) is 31.8 Å². The molecule has 0 saturated carbocycles. The van der Waals surface area contributed by atoms with Gasteiger partial charge >= 0.3 is 5.97 Å². The molecule has 0 spiro atoms. The lowest BCUT2D eigenvalue weighted by Crippen LogP contribution is -2.17. The van der Waals surface area contributed by atoms with Crippen molar-refractivity contribution in [2.75, 3.05) is 13.7 Å². The quantitative estimate of drug-likeness (QED) is 0.0875. The molecule has 0 saturated heterocycles. The number of hydrogen-bond donors (Lipinski definition) is 1. The van der Waals surface area contributed by atoms with Crippen molar-refractivity contribution in [3.05, 3.63) is 117 Å². The first-order valence-electron chi connectivity index (χ1n) is 12.5. The maximum atomic E-state index is 12.6. The number of hydrogen-bond acceptors (Lipinski definition) is 7. The van der Waals surface area contributed by atoms with Gasteiger partial charge in [0.15, 0.2) is 11.5 Å². The number of hydrazone groups is 1. The molecule has 41 heavy (non-hydrogen) atoms. The van der Waals surface area contributed by atoms with Crippen LogP contribution in [0.3, 0.4) is 0 Å². The third kappa shape index (κ3) is 8.23. The minimum Gasteiger partial charge on any atom is -0.494 e. The summed E-state index contributed by atoms with van der Waals surface area (Å²) in [7, 11) is 1.46. The minimum atomic E-state index is -0.537. The van der Waals surface area contributed by atoms with E-state index in [-0.39, 0.29) is 12.4 Å². The van der Waals surface area contributed by atoms with Gasteiger partial charge in [-0.2, -0.15) is 5.10 Å². The average molecular weight is 593 g/mol. The Kier molecular flexibility index (Phi) is 10.2. The summed E-state index contributed by atoms with van der Waals surface area (Å²) in [5, 5.41) is 5.08. The fourth-order valence-electron chi connectivity index (χ4n) is 3.59. The van der Waals surface area contributed by atoms with Crippen molar-refractivity contribution in [2.24, 2.45) is 5.10 Å². The van der Waals surface area contributed by atoms with Gasteiger partial charge in [-0.05, 0) is 91.3 Å². The molecule has 0 unspecified atom stereocenters. The molecule has 0 aliphatic rings. The first kappa shape index (κ1) is 29.5. The van der Waals surface area contributed by atoms with Crippen LogP contribution in [0.25, 0.3) is 0 Å². The Morgan fingerprint density at radius 1 is 0.829 bits per heavy atom. The summed E-state index contributed by atoms with van der Waals surface area (Å²) in [5.74, 6) is 0.876. The van der Waals surface area contributed by atoms with Crippen LogP contribution in [0.1, 0.15) is 38.8 Å². The molecule has 0 aliphatic heterocycles. The third-order valence-electron chi connectivity index (χ3n) is 5.70. The molecular weight excluding hydrogens is 567 g/mol. The van der Waals surface area contributed by atoms with Crippen molar-refractivity contribution in [3.63, 3.8) is 0 Å². The maximum Gasteiger partial charge on any atom is 0.343 e. The van der Waals surface area contributed by atoms with Gasteiger partial charge in [-0.3, -0.25) is 4.79 Å². The van der Waals surface area contributed by atoms with Gasteiger partial charge in [-0.25, -0.2) is 10.2 Å². The van der Waals surface area contributed by atoms with Crippen LogP contribution in [-0.2, 0) is 6.61 Å². The van der Waals surface area contributed by atoms with Gasteiger partial charge in [-0.15, -0.1) is 0 Å². The third-order valence-corrected chi connectivity index (χ3v) is 6.28. The summed E-state index contributed by atoms with van der Waals surface area (Å²) in [6.45, 7) is 2.68. The SMILES string of the molecule is CCOc1ccc(C(=O)Oc2ccc(/C=N/NC(=O)c3ccc(OCc4ccc(Cl)cc4Cl)cc3)cc2OC)cc1. The Balaban J connectivity index is 1.31. The second-order valence-corrected chi connectivity index (χ2v) is 9.35. The standard InChI is InChI=1S/C31H26Cl2N2O6/c1-3-39-25-13-8-22(9-14-25)31(37)41-28-15-4-20(16-29(28)38-2)18-34-35-30(36)21-6-11-26(12-7-21)40-19-23-5-10-24(32)17-27(23)33/h4-18H,3,19H2,1-2H3,(H,35,36)/b34-18+. The molecule has 1 amide bonds. The topological polar surface area (TPSA) is 95.5 Å². The van der Waals surface area contributed by atoms with Gasteiger partial charge in [0.1, 0.15) is 18.1 Å². The first-order chi connectivity index (χ1) is 19.9. The molecule has 10 heteroatoms. The number of rotatable bonds is 11. The molecule has 0 fully saturated rings. The van der Waals surface area contributed by atoms with Crippen LogP contribution in [0.5, 0.6) is 23.0 Å². The van der Waals surface area contributed by atoms with Gasteiger partial charge in [0.2, 0.25) is 0 Å². The van der Waals surface area contributed by atoms with Crippen LogP contribution >= 0.6 is 23.2 Å². The lowest BCUT2D eigenvalue weighted by atomic mass is 10.2. The van der Waals surface area contributed by atoms with Crippen molar-refractivity contribution in [3.8, 4) is 23.0 Å². The van der Waals surface area contributed by atoms with Crippen LogP contribution in [0, 0.1) is 0 Å². The molecule has 0 heterocycles. The number of halogens is 2. The predicted molar refractivity (Wildman–Crippen MR) is 158 cm³/mol. The van der Waals surface area contributed by atoms with E-state index in [4.69, 9.17) is 42.1 Å². The fourth-order valence-corrected chi connectivity index (χ4v) is 4.06. The monoisotopic (exact) mass is 592 g/mol. The van der Waals surface area contributed by atoms with Crippen LogP contribution in [0.2, 0.25) is 10.0 Å². The summed E-state index contributed by atoms with van der Waals surface area (Å²) in [6, 6.07) is 23.4. The van der Waals surface area contributed by atoms with Gasteiger partial charge in [0.25, 0.3) is 5.91 Å². The molecule has 4 aromatic carbocycles. The van der Waals surface area contributed by atoms with Crippen molar-refractivity contribution in [1.29, 1.82) is 0 Å². The Morgan fingerprint density at radius 3 is 2.17 bits per heavy atom. The van der Waals surface area contributed by atoms with Crippen molar-refractivity contribution in [1.82, 2.24) is 5.43 Å². The molecule has 8 nitrogen and oxygen atoms in total.